The number of para-hydroxylation sites is 1. The predicted molar refractivity (Wildman–Crippen MR) is 64.8 cm³/mol. The molecule has 0 atom stereocenters. The minimum absolute atomic E-state index is 0.177. The smallest absolute Gasteiger partial charge is 0.250 e. The fourth-order valence-electron chi connectivity index (χ4n) is 2.71. The van der Waals surface area contributed by atoms with Crippen LogP contribution >= 0.6 is 0 Å². The number of hydrogen-bond donors (Lipinski definition) is 1. The summed E-state index contributed by atoms with van der Waals surface area (Å²) in [6.45, 7) is 5.05. The topological polar surface area (TPSA) is 32.3 Å². The quantitative estimate of drug-likeness (QED) is 0.781. The van der Waals surface area contributed by atoms with E-state index in [-0.39, 0.29) is 11.4 Å². The van der Waals surface area contributed by atoms with Crippen molar-refractivity contribution in [1.29, 1.82) is 0 Å². The van der Waals surface area contributed by atoms with Crippen molar-refractivity contribution >= 4 is 17.3 Å². The summed E-state index contributed by atoms with van der Waals surface area (Å²) in [4.78, 5) is 14.4. The SMILES string of the molecule is CCN1c2cccc(C)c2NC(=O)C12CC2. The Morgan fingerprint density at radius 3 is 2.81 bits per heavy atom. The van der Waals surface area contributed by atoms with E-state index < -0.39 is 0 Å². The van der Waals surface area contributed by atoms with Gasteiger partial charge in [-0.05, 0) is 38.3 Å². The van der Waals surface area contributed by atoms with Crippen LogP contribution in [0.3, 0.4) is 0 Å². The lowest BCUT2D eigenvalue weighted by atomic mass is 10.0. The van der Waals surface area contributed by atoms with E-state index in [2.05, 4.69) is 29.3 Å². The Bertz CT molecular complexity index is 463. The van der Waals surface area contributed by atoms with Crippen LogP contribution in [0.5, 0.6) is 0 Å². The average molecular weight is 216 g/mol. The number of rotatable bonds is 1. The minimum Gasteiger partial charge on any atom is -0.356 e. The van der Waals surface area contributed by atoms with E-state index in [9.17, 15) is 4.79 Å². The lowest BCUT2D eigenvalue weighted by molar-refractivity contribution is -0.118. The Morgan fingerprint density at radius 2 is 2.19 bits per heavy atom. The molecule has 1 saturated carbocycles. The molecule has 1 heterocycles. The van der Waals surface area contributed by atoms with Gasteiger partial charge in [-0.3, -0.25) is 4.79 Å². The van der Waals surface area contributed by atoms with Crippen molar-refractivity contribution in [3.63, 3.8) is 0 Å². The number of benzene rings is 1. The second-order valence-electron chi connectivity index (χ2n) is 4.70. The lowest BCUT2D eigenvalue weighted by Gasteiger charge is -2.38. The Hall–Kier alpha value is -1.51. The molecular formula is C13H16N2O. The second-order valence-corrected chi connectivity index (χ2v) is 4.70. The molecule has 0 bridgehead atoms. The van der Waals surface area contributed by atoms with Crippen molar-refractivity contribution in [3.8, 4) is 0 Å². The Balaban J connectivity index is 2.17. The fraction of sp³-hybridized carbons (Fsp3) is 0.462. The molecule has 0 radical (unpaired) electrons. The third-order valence-corrected chi connectivity index (χ3v) is 3.76. The number of aryl methyl sites for hydroxylation is 1. The molecule has 0 unspecified atom stereocenters. The summed E-state index contributed by atoms with van der Waals surface area (Å²) in [7, 11) is 0. The zero-order chi connectivity index (χ0) is 11.3. The summed E-state index contributed by atoms with van der Waals surface area (Å²) in [5.41, 5.74) is 3.08. The van der Waals surface area contributed by atoms with Crippen molar-refractivity contribution in [2.75, 3.05) is 16.8 Å². The number of fused-ring (bicyclic) bond motifs is 1. The molecule has 84 valence electrons. The number of anilines is 2. The molecule has 16 heavy (non-hydrogen) atoms. The van der Waals surface area contributed by atoms with Gasteiger partial charge in [0.2, 0.25) is 5.91 Å². The molecule has 1 aliphatic heterocycles. The highest BCUT2D eigenvalue weighted by molar-refractivity contribution is 6.09. The van der Waals surface area contributed by atoms with E-state index in [1.165, 1.54) is 5.69 Å². The van der Waals surface area contributed by atoms with Gasteiger partial charge in [-0.15, -0.1) is 0 Å². The number of nitrogens with zero attached hydrogens (tertiary/aromatic N) is 1. The maximum Gasteiger partial charge on any atom is 0.250 e. The molecular weight excluding hydrogens is 200 g/mol. The molecule has 1 amide bonds. The molecule has 3 nitrogen and oxygen atoms in total. The van der Waals surface area contributed by atoms with E-state index in [0.29, 0.717) is 0 Å². The lowest BCUT2D eigenvalue weighted by Crippen LogP contribution is -2.50. The third-order valence-electron chi connectivity index (χ3n) is 3.76. The monoisotopic (exact) mass is 216 g/mol. The number of carbonyl (C=O) groups is 1. The third kappa shape index (κ3) is 1.06. The number of amides is 1. The standard InChI is InChI=1S/C13H16N2O/c1-3-15-10-6-4-5-9(2)11(10)14-12(16)13(15)7-8-13/h4-6H,3,7-8H2,1-2H3,(H,14,16). The van der Waals surface area contributed by atoms with Gasteiger partial charge in [0, 0.05) is 6.54 Å². The Kier molecular flexibility index (Phi) is 1.82. The molecule has 1 N–H and O–H groups in total. The van der Waals surface area contributed by atoms with Crippen molar-refractivity contribution in [2.24, 2.45) is 0 Å². The first-order valence-corrected chi connectivity index (χ1v) is 5.88. The normalized spacial score (nSPS) is 20.6. The van der Waals surface area contributed by atoms with Crippen molar-refractivity contribution in [3.05, 3.63) is 23.8 Å². The maximum absolute atomic E-state index is 12.1. The minimum atomic E-state index is -0.227. The zero-order valence-electron chi connectivity index (χ0n) is 9.71. The van der Waals surface area contributed by atoms with E-state index in [1.54, 1.807) is 0 Å². The number of nitrogens with one attached hydrogen (secondary N) is 1. The molecule has 1 aliphatic carbocycles. The number of likely N-dealkylation sites (N-methyl/N-ethyl adjacent to an activating group) is 1. The van der Waals surface area contributed by atoms with E-state index in [0.717, 1.165) is 30.6 Å². The highest BCUT2D eigenvalue weighted by Gasteiger charge is 2.56. The van der Waals surface area contributed by atoms with Gasteiger partial charge < -0.3 is 10.2 Å². The van der Waals surface area contributed by atoms with Crippen LogP contribution in [0, 0.1) is 6.92 Å². The van der Waals surface area contributed by atoms with Gasteiger partial charge in [-0.25, -0.2) is 0 Å². The van der Waals surface area contributed by atoms with Crippen LogP contribution in [0.25, 0.3) is 0 Å². The summed E-state index contributed by atoms with van der Waals surface area (Å²) in [6.07, 6.45) is 1.97. The zero-order valence-corrected chi connectivity index (χ0v) is 9.71. The molecule has 1 aromatic rings. The van der Waals surface area contributed by atoms with Gasteiger partial charge in [-0.2, -0.15) is 0 Å². The first kappa shape index (κ1) is 9.70. The van der Waals surface area contributed by atoms with Crippen molar-refractivity contribution in [1.82, 2.24) is 0 Å². The summed E-state index contributed by atoms with van der Waals surface area (Å²) in [5, 5.41) is 3.06. The first-order valence-electron chi connectivity index (χ1n) is 5.88. The average Bonchev–Trinajstić information content (AvgIpc) is 3.04. The molecule has 3 rings (SSSR count). The van der Waals surface area contributed by atoms with Gasteiger partial charge in [0.25, 0.3) is 0 Å². The van der Waals surface area contributed by atoms with Gasteiger partial charge in [0.05, 0.1) is 11.4 Å². The van der Waals surface area contributed by atoms with Crippen LogP contribution in [-0.2, 0) is 4.79 Å². The van der Waals surface area contributed by atoms with E-state index in [1.807, 2.05) is 13.0 Å². The van der Waals surface area contributed by atoms with Crippen LogP contribution in [0.2, 0.25) is 0 Å². The summed E-state index contributed by atoms with van der Waals surface area (Å²) >= 11 is 0. The van der Waals surface area contributed by atoms with Crippen molar-refractivity contribution in [2.45, 2.75) is 32.2 Å². The maximum atomic E-state index is 12.1. The summed E-state index contributed by atoms with van der Waals surface area (Å²) < 4.78 is 0. The van der Waals surface area contributed by atoms with Crippen LogP contribution in [0.1, 0.15) is 25.3 Å². The summed E-state index contributed by atoms with van der Waals surface area (Å²) in [6, 6.07) is 6.20. The van der Waals surface area contributed by atoms with Gasteiger partial charge >= 0.3 is 0 Å². The van der Waals surface area contributed by atoms with E-state index >= 15 is 0 Å². The summed E-state index contributed by atoms with van der Waals surface area (Å²) in [5.74, 6) is 0.177. The Morgan fingerprint density at radius 1 is 1.44 bits per heavy atom. The number of carbonyl (C=O) groups excluding carboxylic acids is 1. The molecule has 3 heteroatoms. The van der Waals surface area contributed by atoms with Gasteiger partial charge in [-0.1, -0.05) is 12.1 Å². The van der Waals surface area contributed by atoms with Gasteiger partial charge in [0.15, 0.2) is 0 Å². The molecule has 0 aromatic heterocycles. The highest BCUT2D eigenvalue weighted by Crippen LogP contribution is 2.50. The first-order chi connectivity index (χ1) is 7.69. The molecule has 1 fully saturated rings. The van der Waals surface area contributed by atoms with Gasteiger partial charge in [0.1, 0.15) is 5.54 Å². The number of hydrogen-bond acceptors (Lipinski definition) is 2. The highest BCUT2D eigenvalue weighted by atomic mass is 16.2. The molecule has 2 aliphatic rings. The second kappa shape index (κ2) is 3.00. The molecule has 1 spiro atoms. The fourth-order valence-corrected chi connectivity index (χ4v) is 2.71. The van der Waals surface area contributed by atoms with Crippen LogP contribution in [-0.4, -0.2) is 18.0 Å². The van der Waals surface area contributed by atoms with Crippen molar-refractivity contribution < 1.29 is 4.79 Å². The van der Waals surface area contributed by atoms with E-state index in [4.69, 9.17) is 0 Å². The van der Waals surface area contributed by atoms with Crippen LogP contribution < -0.4 is 10.2 Å². The largest absolute Gasteiger partial charge is 0.356 e. The van der Waals surface area contributed by atoms with Crippen LogP contribution in [0.15, 0.2) is 18.2 Å². The predicted octanol–water partition coefficient (Wildman–Crippen LogP) is 2.31. The Labute approximate surface area is 95.4 Å². The van der Waals surface area contributed by atoms with Crippen LogP contribution in [0.4, 0.5) is 11.4 Å². The molecule has 1 aromatic carbocycles. The molecule has 0 saturated heterocycles.